The van der Waals surface area contributed by atoms with Gasteiger partial charge in [-0.2, -0.15) is 0 Å². The van der Waals surface area contributed by atoms with E-state index >= 15 is 0 Å². The lowest BCUT2D eigenvalue weighted by Gasteiger charge is -2.36. The number of amides is 1. The molecule has 1 atom stereocenters. The predicted octanol–water partition coefficient (Wildman–Crippen LogP) is 2.01. The minimum absolute atomic E-state index is 0.102. The van der Waals surface area contributed by atoms with E-state index in [1.807, 2.05) is 31.4 Å². The quantitative estimate of drug-likeness (QED) is 0.935. The summed E-state index contributed by atoms with van der Waals surface area (Å²) in [5.41, 5.74) is 3.49. The average molecular weight is 283 g/mol. The molecule has 1 aliphatic heterocycles. The highest BCUT2D eigenvalue weighted by Gasteiger charge is 2.32. The topological polar surface area (TPSA) is 37.3 Å². The molecule has 1 amide bonds. The Morgan fingerprint density at radius 1 is 1.24 bits per heavy atom. The fraction of sp³-hybridized carbons (Fsp3) is 0.353. The van der Waals surface area contributed by atoms with Crippen molar-refractivity contribution in [2.45, 2.75) is 19.5 Å². The first-order valence-electron chi connectivity index (χ1n) is 7.34. The number of hydrogen-bond acceptors (Lipinski definition) is 2. The summed E-state index contributed by atoms with van der Waals surface area (Å²) in [7, 11) is 2.04. The van der Waals surface area contributed by atoms with Crippen molar-refractivity contribution in [1.82, 2.24) is 14.8 Å². The number of nitrogens with one attached hydrogen (secondary N) is 1. The summed E-state index contributed by atoms with van der Waals surface area (Å²) in [6.07, 6.45) is 2.04. The van der Waals surface area contributed by atoms with Crippen LogP contribution >= 0.6 is 0 Å². The Hall–Kier alpha value is -2.07. The largest absolute Gasteiger partial charge is 0.353 e. The number of rotatable bonds is 3. The van der Waals surface area contributed by atoms with Gasteiger partial charge in [-0.25, -0.2) is 0 Å². The lowest BCUT2D eigenvalue weighted by atomic mass is 9.97. The van der Waals surface area contributed by atoms with Crippen LogP contribution in [0.3, 0.4) is 0 Å². The zero-order valence-electron chi connectivity index (χ0n) is 12.5. The second-order valence-corrected chi connectivity index (χ2v) is 5.63. The van der Waals surface area contributed by atoms with Gasteiger partial charge in [-0.15, -0.1) is 0 Å². The Labute approximate surface area is 125 Å². The van der Waals surface area contributed by atoms with Crippen LogP contribution in [-0.2, 0) is 18.4 Å². The molecule has 21 heavy (non-hydrogen) atoms. The van der Waals surface area contributed by atoms with E-state index in [1.165, 1.54) is 5.69 Å². The van der Waals surface area contributed by atoms with Crippen LogP contribution in [0.25, 0.3) is 0 Å². The molecule has 1 fully saturated rings. The van der Waals surface area contributed by atoms with Crippen molar-refractivity contribution < 1.29 is 4.79 Å². The van der Waals surface area contributed by atoms with Gasteiger partial charge in [0.2, 0.25) is 5.91 Å². The maximum absolute atomic E-state index is 12.4. The first-order chi connectivity index (χ1) is 10.2. The number of piperazine rings is 1. The van der Waals surface area contributed by atoms with Gasteiger partial charge < -0.3 is 9.88 Å². The molecule has 110 valence electrons. The zero-order chi connectivity index (χ0) is 14.8. The lowest BCUT2D eigenvalue weighted by Crippen LogP contribution is -2.49. The average Bonchev–Trinajstić information content (AvgIpc) is 2.86. The summed E-state index contributed by atoms with van der Waals surface area (Å²) in [5, 5.41) is 2.99. The van der Waals surface area contributed by atoms with Gasteiger partial charge in [0.15, 0.2) is 0 Å². The highest BCUT2D eigenvalue weighted by atomic mass is 16.2. The molecule has 0 spiro atoms. The molecular weight excluding hydrogens is 262 g/mol. The highest BCUT2D eigenvalue weighted by Crippen LogP contribution is 2.27. The van der Waals surface area contributed by atoms with Gasteiger partial charge >= 0.3 is 0 Å². The third kappa shape index (κ3) is 2.72. The minimum atomic E-state index is -0.199. The molecule has 1 aromatic carbocycles. The molecule has 0 aliphatic carbocycles. The van der Waals surface area contributed by atoms with Crippen molar-refractivity contribution in [3.8, 4) is 0 Å². The maximum atomic E-state index is 12.4. The van der Waals surface area contributed by atoms with Gasteiger partial charge in [0.25, 0.3) is 0 Å². The normalized spacial score (nSPS) is 19.5. The summed E-state index contributed by atoms with van der Waals surface area (Å²) in [4.78, 5) is 14.7. The van der Waals surface area contributed by atoms with Gasteiger partial charge in [0, 0.05) is 38.6 Å². The number of carbonyl (C=O) groups excluding carboxylic acids is 1. The SMILES string of the molecule is Cc1ccccc1[C@H]1C(=O)NCCN1Cc1cccn1C. The van der Waals surface area contributed by atoms with Crippen LogP contribution in [0.15, 0.2) is 42.6 Å². The van der Waals surface area contributed by atoms with Crippen LogP contribution in [0.2, 0.25) is 0 Å². The highest BCUT2D eigenvalue weighted by molar-refractivity contribution is 5.84. The Morgan fingerprint density at radius 2 is 2.05 bits per heavy atom. The fourth-order valence-electron chi connectivity index (χ4n) is 2.98. The Balaban J connectivity index is 1.92. The zero-order valence-corrected chi connectivity index (χ0v) is 12.5. The van der Waals surface area contributed by atoms with Crippen molar-refractivity contribution in [3.05, 3.63) is 59.4 Å². The molecule has 1 aromatic heterocycles. The van der Waals surface area contributed by atoms with Crippen molar-refractivity contribution >= 4 is 5.91 Å². The third-order valence-corrected chi connectivity index (χ3v) is 4.21. The number of nitrogens with zero attached hydrogens (tertiary/aromatic N) is 2. The van der Waals surface area contributed by atoms with E-state index in [1.54, 1.807) is 0 Å². The smallest absolute Gasteiger partial charge is 0.242 e. The molecule has 0 bridgehead atoms. The maximum Gasteiger partial charge on any atom is 0.242 e. The third-order valence-electron chi connectivity index (χ3n) is 4.21. The number of benzene rings is 1. The molecule has 2 heterocycles. The van der Waals surface area contributed by atoms with Gasteiger partial charge in [-0.3, -0.25) is 9.69 Å². The van der Waals surface area contributed by atoms with Crippen molar-refractivity contribution in [2.75, 3.05) is 13.1 Å². The Bertz CT molecular complexity index is 647. The minimum Gasteiger partial charge on any atom is -0.353 e. The molecule has 1 saturated heterocycles. The van der Waals surface area contributed by atoms with Gasteiger partial charge in [-0.05, 0) is 30.2 Å². The summed E-state index contributed by atoms with van der Waals surface area (Å²) < 4.78 is 2.11. The molecule has 4 heteroatoms. The molecule has 0 unspecified atom stereocenters. The van der Waals surface area contributed by atoms with Crippen molar-refractivity contribution in [2.24, 2.45) is 7.05 Å². The molecule has 2 aromatic rings. The molecule has 0 radical (unpaired) electrons. The number of aromatic nitrogens is 1. The van der Waals surface area contributed by atoms with Crippen LogP contribution in [-0.4, -0.2) is 28.5 Å². The standard InChI is InChI=1S/C17H21N3O/c1-13-6-3-4-8-15(13)16-17(21)18-9-11-20(16)12-14-7-5-10-19(14)2/h3-8,10,16H,9,11-12H2,1-2H3,(H,18,21)/t16-/m0/s1. The Kier molecular flexibility index (Phi) is 3.80. The predicted molar refractivity (Wildman–Crippen MR) is 82.8 cm³/mol. The van der Waals surface area contributed by atoms with Gasteiger partial charge in [0.1, 0.15) is 6.04 Å². The molecule has 0 saturated carbocycles. The van der Waals surface area contributed by atoms with Crippen LogP contribution < -0.4 is 5.32 Å². The first kappa shape index (κ1) is 13.9. The monoisotopic (exact) mass is 283 g/mol. The van der Waals surface area contributed by atoms with Crippen LogP contribution in [0.1, 0.15) is 22.9 Å². The van der Waals surface area contributed by atoms with E-state index in [0.717, 1.165) is 24.2 Å². The van der Waals surface area contributed by atoms with E-state index in [2.05, 4.69) is 39.9 Å². The van der Waals surface area contributed by atoms with Crippen molar-refractivity contribution in [1.29, 1.82) is 0 Å². The van der Waals surface area contributed by atoms with E-state index in [9.17, 15) is 4.79 Å². The van der Waals surface area contributed by atoms with E-state index < -0.39 is 0 Å². The van der Waals surface area contributed by atoms with Gasteiger partial charge in [-0.1, -0.05) is 24.3 Å². The summed E-state index contributed by atoms with van der Waals surface area (Å²) in [5.74, 6) is 0.102. The summed E-state index contributed by atoms with van der Waals surface area (Å²) >= 11 is 0. The molecule has 1 N–H and O–H groups in total. The van der Waals surface area contributed by atoms with Crippen molar-refractivity contribution in [3.63, 3.8) is 0 Å². The summed E-state index contributed by atoms with van der Waals surface area (Å²) in [6.45, 7) is 4.44. The van der Waals surface area contributed by atoms with E-state index in [0.29, 0.717) is 6.54 Å². The molecular formula is C17H21N3O. The summed E-state index contributed by atoms with van der Waals surface area (Å²) in [6, 6.07) is 12.1. The Morgan fingerprint density at radius 3 is 2.76 bits per heavy atom. The number of carbonyl (C=O) groups is 1. The van der Waals surface area contributed by atoms with E-state index in [4.69, 9.17) is 0 Å². The first-order valence-corrected chi connectivity index (χ1v) is 7.34. The van der Waals surface area contributed by atoms with Crippen LogP contribution in [0.4, 0.5) is 0 Å². The molecule has 3 rings (SSSR count). The number of aryl methyl sites for hydroxylation is 2. The van der Waals surface area contributed by atoms with Gasteiger partial charge in [0.05, 0.1) is 0 Å². The lowest BCUT2D eigenvalue weighted by molar-refractivity contribution is -0.129. The second-order valence-electron chi connectivity index (χ2n) is 5.63. The molecule has 4 nitrogen and oxygen atoms in total. The number of hydrogen-bond donors (Lipinski definition) is 1. The molecule has 1 aliphatic rings. The second kappa shape index (κ2) is 5.74. The fourth-order valence-corrected chi connectivity index (χ4v) is 2.98. The van der Waals surface area contributed by atoms with E-state index in [-0.39, 0.29) is 11.9 Å². The van der Waals surface area contributed by atoms with Crippen LogP contribution in [0, 0.1) is 6.92 Å². The van der Waals surface area contributed by atoms with Crippen LogP contribution in [0.5, 0.6) is 0 Å².